The predicted molar refractivity (Wildman–Crippen MR) is 131 cm³/mol. The maximum atomic E-state index is 12.8. The molecule has 0 amide bonds. The molecule has 0 spiro atoms. The Balaban J connectivity index is 0.00000153. The molecule has 0 aliphatic heterocycles. The number of nitrogens with two attached hydrogens (primary N) is 1. The third-order valence-electron chi connectivity index (χ3n) is 5.16. The number of para-hydroxylation sites is 2. The molecule has 0 saturated heterocycles. The van der Waals surface area contributed by atoms with E-state index in [1.807, 2.05) is 54.6 Å². The Hall–Kier alpha value is -3.75. The number of pyridine rings is 1. The molecule has 0 bridgehead atoms. The topological polar surface area (TPSA) is 91.9 Å². The van der Waals surface area contributed by atoms with E-state index in [0.717, 1.165) is 32.2 Å². The molecule has 0 aliphatic carbocycles. The summed E-state index contributed by atoms with van der Waals surface area (Å²) in [7, 11) is 0. The quantitative estimate of drug-likeness (QED) is 0.398. The van der Waals surface area contributed by atoms with Crippen LogP contribution in [0.2, 0.25) is 0 Å². The highest BCUT2D eigenvalue weighted by atomic mass is 35.5. The van der Waals surface area contributed by atoms with Gasteiger partial charge in [-0.25, -0.2) is 23.4 Å². The number of fused-ring (bicyclic) bond motifs is 3. The van der Waals surface area contributed by atoms with Crippen LogP contribution in [-0.4, -0.2) is 25.9 Å². The lowest BCUT2D eigenvalue weighted by Crippen LogP contribution is -2.26. The molecule has 33 heavy (non-hydrogen) atoms. The van der Waals surface area contributed by atoms with Crippen LogP contribution in [-0.2, 0) is 6.54 Å². The molecule has 170 valence electrons. The Morgan fingerprint density at radius 2 is 1.82 bits per heavy atom. The largest absolute Gasteiger partial charge is 0.455 e. The minimum atomic E-state index is -0.431. The Morgan fingerprint density at radius 1 is 1.06 bits per heavy atom. The Bertz CT molecular complexity index is 1500. The second-order valence-electron chi connectivity index (χ2n) is 7.07. The molecule has 5 rings (SSSR count). The summed E-state index contributed by atoms with van der Waals surface area (Å²) < 4.78 is 21.4. The van der Waals surface area contributed by atoms with Crippen LogP contribution in [0.1, 0.15) is 7.43 Å². The van der Waals surface area contributed by atoms with Crippen LogP contribution in [0.3, 0.4) is 0 Å². The fourth-order valence-corrected chi connectivity index (χ4v) is 3.60. The van der Waals surface area contributed by atoms with Crippen LogP contribution >= 0.6 is 12.4 Å². The molecule has 0 aliphatic rings. The summed E-state index contributed by atoms with van der Waals surface area (Å²) in [6, 6.07) is 19.1. The van der Waals surface area contributed by atoms with Gasteiger partial charge in [-0.2, -0.15) is 5.10 Å². The molecule has 5 aromatic rings. The van der Waals surface area contributed by atoms with Crippen molar-refractivity contribution in [3.05, 3.63) is 89.4 Å². The first-order chi connectivity index (χ1) is 15.2. The lowest BCUT2D eigenvalue weighted by molar-refractivity contribution is 0.612. The smallest absolute Gasteiger partial charge is 0.351 e. The van der Waals surface area contributed by atoms with Crippen LogP contribution in [0.25, 0.3) is 39.0 Å². The molecule has 3 aromatic heterocycles. The van der Waals surface area contributed by atoms with Gasteiger partial charge in [0.1, 0.15) is 23.3 Å². The molecule has 0 unspecified atom stereocenters. The number of furan rings is 1. The van der Waals surface area contributed by atoms with Crippen molar-refractivity contribution in [3.63, 3.8) is 0 Å². The van der Waals surface area contributed by atoms with Gasteiger partial charge in [-0.3, -0.25) is 0 Å². The summed E-state index contributed by atoms with van der Waals surface area (Å²) in [4.78, 5) is 17.4. The average molecular weight is 468 g/mol. The van der Waals surface area contributed by atoms with Crippen molar-refractivity contribution >= 4 is 34.3 Å². The lowest BCUT2D eigenvalue weighted by Gasteiger charge is -2.05. The second kappa shape index (κ2) is 9.81. The lowest BCUT2D eigenvalue weighted by atomic mass is 10.1. The predicted octanol–water partition coefficient (Wildman–Crippen LogP) is 4.87. The Morgan fingerprint density at radius 3 is 2.61 bits per heavy atom. The van der Waals surface area contributed by atoms with Gasteiger partial charge in [0.2, 0.25) is 0 Å². The maximum Gasteiger partial charge on any atom is 0.351 e. The summed E-state index contributed by atoms with van der Waals surface area (Å²) >= 11 is 0. The maximum absolute atomic E-state index is 12.8. The number of benzene rings is 2. The highest BCUT2D eigenvalue weighted by Crippen LogP contribution is 2.35. The van der Waals surface area contributed by atoms with Crippen molar-refractivity contribution in [2.45, 2.75) is 14.0 Å². The molecular formula is C24H23ClFN5O2. The molecular weight excluding hydrogens is 445 g/mol. The molecule has 9 heteroatoms. The standard InChI is InChI=1S/C23H18FN5O2.CH4.ClH/c24-11-15(12-25)13-29-23(30)28(14-26-29)21-10-4-8-19(27-21)18-7-3-6-17-16-5-1-2-9-20(16)31-22(17)18;;/h1-11,14H,12-13,25H2;1H4;1H/b15-11+;;. The number of halogens is 2. The molecule has 0 radical (unpaired) electrons. The fourth-order valence-electron chi connectivity index (χ4n) is 3.60. The van der Waals surface area contributed by atoms with E-state index in [9.17, 15) is 9.18 Å². The van der Waals surface area contributed by atoms with Crippen molar-refractivity contribution in [2.24, 2.45) is 5.73 Å². The van der Waals surface area contributed by atoms with Crippen molar-refractivity contribution < 1.29 is 8.81 Å². The van der Waals surface area contributed by atoms with E-state index < -0.39 is 5.69 Å². The van der Waals surface area contributed by atoms with Gasteiger partial charge >= 0.3 is 5.69 Å². The number of nitrogens with zero attached hydrogens (tertiary/aromatic N) is 4. The minimum absolute atomic E-state index is 0. The van der Waals surface area contributed by atoms with Gasteiger partial charge < -0.3 is 10.2 Å². The van der Waals surface area contributed by atoms with Crippen LogP contribution in [0.15, 0.2) is 88.1 Å². The third kappa shape index (κ3) is 4.18. The molecule has 0 saturated carbocycles. The summed E-state index contributed by atoms with van der Waals surface area (Å²) in [5.74, 6) is 0.403. The van der Waals surface area contributed by atoms with Crippen molar-refractivity contribution in [2.75, 3.05) is 6.54 Å². The van der Waals surface area contributed by atoms with Crippen molar-refractivity contribution in [1.29, 1.82) is 0 Å². The van der Waals surface area contributed by atoms with E-state index in [4.69, 9.17) is 10.2 Å². The zero-order chi connectivity index (χ0) is 21.4. The SMILES string of the molecule is C.Cl.NC/C(=C\F)Cn1ncn(-c2cccc(-c3cccc4c3oc3ccccc34)n2)c1=O. The molecule has 3 heterocycles. The number of hydrogen-bond acceptors (Lipinski definition) is 5. The monoisotopic (exact) mass is 467 g/mol. The van der Waals surface area contributed by atoms with Crippen molar-refractivity contribution in [1.82, 2.24) is 19.3 Å². The normalized spacial score (nSPS) is 11.4. The Kier molecular flexibility index (Phi) is 7.10. The van der Waals surface area contributed by atoms with E-state index in [0.29, 0.717) is 17.8 Å². The summed E-state index contributed by atoms with van der Waals surface area (Å²) in [6.45, 7) is -0.0120. The van der Waals surface area contributed by atoms with E-state index in [-0.39, 0.29) is 38.5 Å². The van der Waals surface area contributed by atoms with Gasteiger partial charge in [0.15, 0.2) is 0 Å². The number of aromatic nitrogens is 4. The zero-order valence-corrected chi connectivity index (χ0v) is 17.6. The van der Waals surface area contributed by atoms with E-state index in [1.165, 1.54) is 10.9 Å². The summed E-state index contributed by atoms with van der Waals surface area (Å²) in [5, 5.41) is 6.08. The van der Waals surface area contributed by atoms with Crippen molar-refractivity contribution in [3.8, 4) is 17.1 Å². The van der Waals surface area contributed by atoms with Gasteiger partial charge in [-0.05, 0) is 29.8 Å². The average Bonchev–Trinajstić information content (AvgIpc) is 3.37. The van der Waals surface area contributed by atoms with Crippen LogP contribution in [0.4, 0.5) is 4.39 Å². The summed E-state index contributed by atoms with van der Waals surface area (Å²) in [6.07, 6.45) is 1.76. The first-order valence-corrected chi connectivity index (χ1v) is 9.70. The molecule has 0 fully saturated rings. The first-order valence-electron chi connectivity index (χ1n) is 9.70. The van der Waals surface area contributed by atoms with Gasteiger partial charge in [0.05, 0.1) is 18.6 Å². The molecule has 2 N–H and O–H groups in total. The first kappa shape index (κ1) is 23.9. The van der Waals surface area contributed by atoms with Crippen LogP contribution < -0.4 is 11.4 Å². The Labute approximate surface area is 195 Å². The summed E-state index contributed by atoms with van der Waals surface area (Å²) in [5.41, 5.74) is 8.33. The highest BCUT2D eigenvalue weighted by molar-refractivity contribution is 6.09. The van der Waals surface area contributed by atoms with Gasteiger partial charge in [-0.1, -0.05) is 43.8 Å². The second-order valence-corrected chi connectivity index (χ2v) is 7.07. The van der Waals surface area contributed by atoms with Crippen LogP contribution in [0, 0.1) is 0 Å². The number of hydrogen-bond donors (Lipinski definition) is 1. The van der Waals surface area contributed by atoms with Gasteiger partial charge in [-0.15, -0.1) is 12.4 Å². The molecule has 2 aromatic carbocycles. The van der Waals surface area contributed by atoms with E-state index in [2.05, 4.69) is 10.1 Å². The fraction of sp³-hybridized carbons (Fsp3) is 0.125. The highest BCUT2D eigenvalue weighted by Gasteiger charge is 2.14. The molecule has 0 atom stereocenters. The van der Waals surface area contributed by atoms with E-state index in [1.54, 1.807) is 6.07 Å². The minimum Gasteiger partial charge on any atom is -0.455 e. The number of rotatable bonds is 5. The van der Waals surface area contributed by atoms with Crippen LogP contribution in [0.5, 0.6) is 0 Å². The van der Waals surface area contributed by atoms with Gasteiger partial charge in [0, 0.05) is 22.9 Å². The zero-order valence-electron chi connectivity index (χ0n) is 16.8. The van der Waals surface area contributed by atoms with E-state index >= 15 is 0 Å². The van der Waals surface area contributed by atoms with Gasteiger partial charge in [0.25, 0.3) is 0 Å². The molecule has 7 nitrogen and oxygen atoms in total. The third-order valence-corrected chi connectivity index (χ3v) is 5.16.